The summed E-state index contributed by atoms with van der Waals surface area (Å²) < 4.78 is 1.37. The molecule has 0 spiro atoms. The number of likely N-dealkylation sites (N-methyl/N-ethyl adjacent to an activating group) is 1. The highest BCUT2D eigenvalue weighted by molar-refractivity contribution is 5.93. The Labute approximate surface area is 110 Å². The largest absolute Gasteiger partial charge is 0.351 e. The molecule has 0 saturated heterocycles. The maximum atomic E-state index is 12.2. The SMILES string of the molecule is CNCCNC(=O)c1cnc2cc(C)ccn2c1=O. The van der Waals surface area contributed by atoms with Gasteiger partial charge in [-0.2, -0.15) is 0 Å². The van der Waals surface area contributed by atoms with E-state index in [-0.39, 0.29) is 11.1 Å². The third-order valence-corrected chi connectivity index (χ3v) is 2.77. The highest BCUT2D eigenvalue weighted by Gasteiger charge is 2.12. The third kappa shape index (κ3) is 2.79. The van der Waals surface area contributed by atoms with Crippen LogP contribution in [-0.4, -0.2) is 35.4 Å². The molecule has 0 saturated carbocycles. The van der Waals surface area contributed by atoms with Gasteiger partial charge in [-0.25, -0.2) is 4.98 Å². The van der Waals surface area contributed by atoms with E-state index in [1.165, 1.54) is 10.6 Å². The van der Waals surface area contributed by atoms with E-state index in [2.05, 4.69) is 15.6 Å². The van der Waals surface area contributed by atoms with E-state index < -0.39 is 5.91 Å². The Kier molecular flexibility index (Phi) is 3.91. The molecule has 0 atom stereocenters. The lowest BCUT2D eigenvalue weighted by molar-refractivity contribution is 0.0952. The molecule has 100 valence electrons. The average molecular weight is 260 g/mol. The van der Waals surface area contributed by atoms with Gasteiger partial charge in [0.2, 0.25) is 0 Å². The molecule has 0 aliphatic heterocycles. The predicted molar refractivity (Wildman–Crippen MR) is 72.5 cm³/mol. The van der Waals surface area contributed by atoms with Gasteiger partial charge in [0.1, 0.15) is 11.2 Å². The molecule has 1 amide bonds. The molecular formula is C13H16N4O2. The van der Waals surface area contributed by atoms with Crippen molar-refractivity contribution in [3.05, 3.63) is 46.0 Å². The number of hydrogen-bond donors (Lipinski definition) is 2. The normalized spacial score (nSPS) is 10.6. The number of aryl methyl sites for hydroxylation is 1. The molecule has 0 unspecified atom stereocenters. The second-order valence-corrected chi connectivity index (χ2v) is 4.27. The molecule has 2 aromatic rings. The first-order valence-corrected chi connectivity index (χ1v) is 6.04. The summed E-state index contributed by atoms with van der Waals surface area (Å²) in [6, 6.07) is 3.60. The smallest absolute Gasteiger partial charge is 0.270 e. The van der Waals surface area contributed by atoms with Gasteiger partial charge in [-0.15, -0.1) is 0 Å². The summed E-state index contributed by atoms with van der Waals surface area (Å²) in [6.07, 6.45) is 2.95. The Morgan fingerprint density at radius 1 is 1.42 bits per heavy atom. The number of carbonyl (C=O) groups excluding carboxylic acids is 1. The quantitative estimate of drug-likeness (QED) is 0.756. The van der Waals surface area contributed by atoms with Crippen molar-refractivity contribution < 1.29 is 4.79 Å². The van der Waals surface area contributed by atoms with Gasteiger partial charge in [-0.1, -0.05) is 0 Å². The predicted octanol–water partition coefficient (Wildman–Crippen LogP) is -0.0479. The van der Waals surface area contributed by atoms with Crippen molar-refractivity contribution in [1.82, 2.24) is 20.0 Å². The first-order valence-electron chi connectivity index (χ1n) is 6.04. The summed E-state index contributed by atoms with van der Waals surface area (Å²) in [5.74, 6) is -0.400. The number of pyridine rings is 1. The highest BCUT2D eigenvalue weighted by Crippen LogP contribution is 2.02. The van der Waals surface area contributed by atoms with Crippen molar-refractivity contribution in [2.24, 2.45) is 0 Å². The zero-order chi connectivity index (χ0) is 13.8. The van der Waals surface area contributed by atoms with Crippen molar-refractivity contribution in [3.63, 3.8) is 0 Å². The van der Waals surface area contributed by atoms with E-state index >= 15 is 0 Å². The van der Waals surface area contributed by atoms with Crippen LogP contribution in [0.3, 0.4) is 0 Å². The Bertz CT molecular complexity index is 663. The number of nitrogens with zero attached hydrogens (tertiary/aromatic N) is 2. The van der Waals surface area contributed by atoms with E-state index in [1.807, 2.05) is 6.92 Å². The Morgan fingerprint density at radius 3 is 2.95 bits per heavy atom. The molecular weight excluding hydrogens is 244 g/mol. The van der Waals surface area contributed by atoms with Crippen molar-refractivity contribution in [2.45, 2.75) is 6.92 Å². The second kappa shape index (κ2) is 5.62. The maximum absolute atomic E-state index is 12.2. The fourth-order valence-corrected chi connectivity index (χ4v) is 1.73. The van der Waals surface area contributed by atoms with Crippen molar-refractivity contribution in [1.29, 1.82) is 0 Å². The van der Waals surface area contributed by atoms with Gasteiger partial charge in [-0.05, 0) is 31.7 Å². The van der Waals surface area contributed by atoms with Crippen LogP contribution >= 0.6 is 0 Å². The number of fused-ring (bicyclic) bond motifs is 1. The summed E-state index contributed by atoms with van der Waals surface area (Å²) in [6.45, 7) is 3.03. The minimum Gasteiger partial charge on any atom is -0.351 e. The van der Waals surface area contributed by atoms with Crippen LogP contribution in [0.5, 0.6) is 0 Å². The van der Waals surface area contributed by atoms with Crippen LogP contribution in [0.15, 0.2) is 29.3 Å². The van der Waals surface area contributed by atoms with Crippen LogP contribution in [-0.2, 0) is 0 Å². The van der Waals surface area contributed by atoms with Crippen LogP contribution < -0.4 is 16.2 Å². The molecule has 2 aromatic heterocycles. The van der Waals surface area contributed by atoms with E-state index in [9.17, 15) is 9.59 Å². The maximum Gasteiger partial charge on any atom is 0.270 e. The minimum absolute atomic E-state index is 0.0532. The minimum atomic E-state index is -0.400. The van der Waals surface area contributed by atoms with Crippen molar-refractivity contribution >= 4 is 11.6 Å². The number of amides is 1. The first kappa shape index (κ1) is 13.2. The van der Waals surface area contributed by atoms with E-state index in [0.29, 0.717) is 18.7 Å². The summed E-state index contributed by atoms with van der Waals surface area (Å²) >= 11 is 0. The number of aromatic nitrogens is 2. The van der Waals surface area contributed by atoms with Crippen LogP contribution in [0.1, 0.15) is 15.9 Å². The Morgan fingerprint density at radius 2 is 2.21 bits per heavy atom. The van der Waals surface area contributed by atoms with Gasteiger partial charge < -0.3 is 10.6 Å². The summed E-state index contributed by atoms with van der Waals surface area (Å²) in [5, 5.41) is 5.57. The van der Waals surface area contributed by atoms with Crippen LogP contribution in [0, 0.1) is 6.92 Å². The van der Waals surface area contributed by atoms with E-state index in [0.717, 1.165) is 5.56 Å². The number of carbonyl (C=O) groups is 1. The topological polar surface area (TPSA) is 75.5 Å². The molecule has 2 heterocycles. The lowest BCUT2D eigenvalue weighted by atomic mass is 10.2. The monoisotopic (exact) mass is 260 g/mol. The Hall–Kier alpha value is -2.21. The molecule has 6 nitrogen and oxygen atoms in total. The molecule has 2 rings (SSSR count). The molecule has 0 fully saturated rings. The van der Waals surface area contributed by atoms with E-state index in [4.69, 9.17) is 0 Å². The van der Waals surface area contributed by atoms with Crippen LogP contribution in [0.25, 0.3) is 5.65 Å². The lowest BCUT2D eigenvalue weighted by Gasteiger charge is -2.06. The zero-order valence-electron chi connectivity index (χ0n) is 10.9. The number of nitrogens with one attached hydrogen (secondary N) is 2. The lowest BCUT2D eigenvalue weighted by Crippen LogP contribution is -2.35. The molecule has 2 N–H and O–H groups in total. The summed E-state index contributed by atoms with van der Waals surface area (Å²) in [5.41, 5.74) is 1.25. The van der Waals surface area contributed by atoms with Gasteiger partial charge in [0.25, 0.3) is 11.5 Å². The van der Waals surface area contributed by atoms with Crippen molar-refractivity contribution in [3.8, 4) is 0 Å². The van der Waals surface area contributed by atoms with Gasteiger partial charge in [0.05, 0.1) is 0 Å². The van der Waals surface area contributed by atoms with Crippen LogP contribution in [0.4, 0.5) is 0 Å². The molecule has 0 bridgehead atoms. The fraction of sp³-hybridized carbons (Fsp3) is 0.308. The average Bonchev–Trinajstić information content (AvgIpc) is 2.39. The second-order valence-electron chi connectivity index (χ2n) is 4.27. The first-order chi connectivity index (χ1) is 9.13. The standard InChI is InChI=1S/C13H16N4O2/c1-9-3-6-17-11(7-9)16-8-10(13(17)19)12(18)15-5-4-14-2/h3,6-8,14H,4-5H2,1-2H3,(H,15,18). The Balaban J connectivity index is 2.35. The number of rotatable bonds is 4. The zero-order valence-corrected chi connectivity index (χ0v) is 10.9. The summed E-state index contributed by atoms with van der Waals surface area (Å²) in [7, 11) is 1.79. The van der Waals surface area contributed by atoms with Gasteiger partial charge >= 0.3 is 0 Å². The fourth-order valence-electron chi connectivity index (χ4n) is 1.73. The molecule has 0 aliphatic carbocycles. The molecule has 0 aliphatic rings. The molecule has 0 radical (unpaired) electrons. The van der Waals surface area contributed by atoms with Gasteiger partial charge in [0, 0.05) is 25.5 Å². The highest BCUT2D eigenvalue weighted by atomic mass is 16.2. The van der Waals surface area contributed by atoms with Crippen molar-refractivity contribution in [2.75, 3.05) is 20.1 Å². The number of hydrogen-bond acceptors (Lipinski definition) is 4. The van der Waals surface area contributed by atoms with Gasteiger partial charge in [-0.3, -0.25) is 14.0 Å². The molecule has 0 aromatic carbocycles. The molecule has 19 heavy (non-hydrogen) atoms. The van der Waals surface area contributed by atoms with E-state index in [1.54, 1.807) is 25.4 Å². The summed E-state index contributed by atoms with van der Waals surface area (Å²) in [4.78, 5) is 28.2. The third-order valence-electron chi connectivity index (χ3n) is 2.77. The van der Waals surface area contributed by atoms with Gasteiger partial charge in [0.15, 0.2) is 0 Å². The molecule has 6 heteroatoms. The van der Waals surface area contributed by atoms with Crippen LogP contribution in [0.2, 0.25) is 0 Å².